The number of hydrogen-bond donors (Lipinski definition) is 2. The maximum atomic E-state index is 13.9. The van der Waals surface area contributed by atoms with Crippen LogP contribution < -0.4 is 20.1 Å². The van der Waals surface area contributed by atoms with E-state index in [0.717, 1.165) is 43.5 Å². The van der Waals surface area contributed by atoms with Gasteiger partial charge in [-0.05, 0) is 74.6 Å². The number of carbonyl (C=O) groups is 2. The maximum Gasteiger partial charge on any atom is 0.254 e. The van der Waals surface area contributed by atoms with Crippen molar-refractivity contribution in [3.8, 4) is 11.5 Å². The molecule has 8 nitrogen and oxygen atoms in total. The van der Waals surface area contributed by atoms with Crippen LogP contribution in [0.4, 0.5) is 0 Å². The topological polar surface area (TPSA) is 89.1 Å². The fourth-order valence-electron chi connectivity index (χ4n) is 5.79. The Balaban J connectivity index is 1.42. The first-order valence-corrected chi connectivity index (χ1v) is 15.0. The molecule has 8 heteroatoms. The van der Waals surface area contributed by atoms with Gasteiger partial charge in [0, 0.05) is 57.9 Å². The predicted octanol–water partition coefficient (Wildman–Crippen LogP) is 4.42. The molecular formula is C33H47N3O5. The zero-order valence-corrected chi connectivity index (χ0v) is 25.3. The van der Waals surface area contributed by atoms with Gasteiger partial charge in [-0.15, -0.1) is 0 Å². The summed E-state index contributed by atoms with van der Waals surface area (Å²) in [5.41, 5.74) is 2.57. The number of benzene rings is 2. The third-order valence-corrected chi connectivity index (χ3v) is 8.36. The highest BCUT2D eigenvalue weighted by Gasteiger charge is 2.38. The van der Waals surface area contributed by atoms with Crippen LogP contribution in [0.1, 0.15) is 60.5 Å². The highest BCUT2D eigenvalue weighted by molar-refractivity contribution is 5.96. The summed E-state index contributed by atoms with van der Waals surface area (Å²) in [7, 11) is 3.27. The Labute approximate surface area is 245 Å². The highest BCUT2D eigenvalue weighted by atomic mass is 16.5. The van der Waals surface area contributed by atoms with Gasteiger partial charge in [0.05, 0.1) is 19.6 Å². The number of nitrogens with zero attached hydrogens (tertiary/aromatic N) is 1. The lowest BCUT2D eigenvalue weighted by Gasteiger charge is -2.32. The van der Waals surface area contributed by atoms with Gasteiger partial charge in [0.1, 0.15) is 0 Å². The minimum Gasteiger partial charge on any atom is -0.493 e. The summed E-state index contributed by atoms with van der Waals surface area (Å²) in [6.45, 7) is 9.98. The van der Waals surface area contributed by atoms with Crippen molar-refractivity contribution in [2.24, 2.45) is 17.8 Å². The molecule has 2 fully saturated rings. The first-order chi connectivity index (χ1) is 19.8. The summed E-state index contributed by atoms with van der Waals surface area (Å²) in [4.78, 5) is 29.2. The molecule has 0 bridgehead atoms. The molecule has 1 saturated carbocycles. The Morgan fingerprint density at radius 2 is 1.76 bits per heavy atom. The van der Waals surface area contributed by atoms with E-state index in [1.807, 2.05) is 42.2 Å². The van der Waals surface area contributed by atoms with Gasteiger partial charge in [0.15, 0.2) is 11.5 Å². The molecule has 2 N–H and O–H groups in total. The van der Waals surface area contributed by atoms with Crippen LogP contribution in [-0.4, -0.2) is 76.4 Å². The average molecular weight is 566 g/mol. The van der Waals surface area contributed by atoms with Gasteiger partial charge < -0.3 is 29.7 Å². The Hall–Kier alpha value is -3.10. The Bertz CT molecular complexity index is 1150. The summed E-state index contributed by atoms with van der Waals surface area (Å²) in [5, 5.41) is 6.77. The second-order valence-corrected chi connectivity index (χ2v) is 11.7. The fourth-order valence-corrected chi connectivity index (χ4v) is 5.79. The summed E-state index contributed by atoms with van der Waals surface area (Å²) in [6, 6.07) is 13.8. The molecule has 3 atom stereocenters. The van der Waals surface area contributed by atoms with E-state index in [1.54, 1.807) is 14.2 Å². The molecule has 1 unspecified atom stereocenters. The average Bonchev–Trinajstić information content (AvgIpc) is 3.70. The molecule has 2 aromatic carbocycles. The Kier molecular flexibility index (Phi) is 11.1. The molecule has 2 amide bonds. The first-order valence-electron chi connectivity index (χ1n) is 15.0. The van der Waals surface area contributed by atoms with Crippen molar-refractivity contribution < 1.29 is 23.8 Å². The number of rotatable bonds is 15. The number of aryl methyl sites for hydroxylation is 1. The smallest absolute Gasteiger partial charge is 0.254 e. The highest BCUT2D eigenvalue weighted by Crippen LogP contribution is 2.42. The van der Waals surface area contributed by atoms with Gasteiger partial charge in [0.25, 0.3) is 5.91 Å². The van der Waals surface area contributed by atoms with Gasteiger partial charge >= 0.3 is 0 Å². The molecule has 0 aromatic heterocycles. The largest absolute Gasteiger partial charge is 0.493 e. The molecule has 2 aliphatic rings. The third kappa shape index (κ3) is 8.01. The normalized spacial score (nSPS) is 19.2. The summed E-state index contributed by atoms with van der Waals surface area (Å²) in [6.07, 6.45) is 2.96. The van der Waals surface area contributed by atoms with Crippen LogP contribution in [0.3, 0.4) is 0 Å². The molecule has 4 rings (SSSR count). The van der Waals surface area contributed by atoms with Crippen molar-refractivity contribution in [1.82, 2.24) is 15.5 Å². The molecule has 1 heterocycles. The number of ether oxygens (including phenoxy) is 3. The zero-order chi connectivity index (χ0) is 29.4. The minimum absolute atomic E-state index is 0.0169. The van der Waals surface area contributed by atoms with Gasteiger partial charge in [-0.2, -0.15) is 0 Å². The maximum absolute atomic E-state index is 13.9. The lowest BCUT2D eigenvalue weighted by Crippen LogP contribution is -2.44. The van der Waals surface area contributed by atoms with Crippen molar-refractivity contribution in [1.29, 1.82) is 0 Å². The van der Waals surface area contributed by atoms with Crippen molar-refractivity contribution in [2.75, 3.05) is 53.6 Å². The summed E-state index contributed by atoms with van der Waals surface area (Å²) in [5.74, 6) is 2.12. The van der Waals surface area contributed by atoms with E-state index in [-0.39, 0.29) is 35.6 Å². The lowest BCUT2D eigenvalue weighted by atomic mass is 9.91. The molecular weight excluding hydrogens is 518 g/mol. The summed E-state index contributed by atoms with van der Waals surface area (Å²) >= 11 is 0. The molecule has 41 heavy (non-hydrogen) atoms. The second kappa shape index (κ2) is 14.7. The van der Waals surface area contributed by atoms with Crippen molar-refractivity contribution in [2.45, 2.75) is 52.0 Å². The van der Waals surface area contributed by atoms with Crippen molar-refractivity contribution >= 4 is 11.8 Å². The van der Waals surface area contributed by atoms with Crippen molar-refractivity contribution in [3.05, 3.63) is 59.2 Å². The number of hydrogen-bond acceptors (Lipinski definition) is 6. The SMILES string of the molecule is COCCCOc1cc(C(=O)N(C[C@@H]2CNC[C@H]2CNC(=O)C(c2ccccc2)C2CC2)C(C)C)c(C)cc1OC. The van der Waals surface area contributed by atoms with Crippen LogP contribution in [0.2, 0.25) is 0 Å². The number of carbonyl (C=O) groups excluding carboxylic acids is 2. The van der Waals surface area contributed by atoms with Crippen molar-refractivity contribution in [3.63, 3.8) is 0 Å². The molecule has 2 aromatic rings. The van der Waals surface area contributed by atoms with Gasteiger partial charge in [0.2, 0.25) is 5.91 Å². The predicted molar refractivity (Wildman–Crippen MR) is 161 cm³/mol. The first kappa shape index (κ1) is 30.8. The van der Waals surface area contributed by atoms with Crippen LogP contribution in [0.25, 0.3) is 0 Å². The van der Waals surface area contributed by atoms with E-state index in [2.05, 4.69) is 36.6 Å². The fraction of sp³-hybridized carbons (Fsp3) is 0.576. The monoisotopic (exact) mass is 565 g/mol. The van der Waals surface area contributed by atoms with E-state index >= 15 is 0 Å². The van der Waals surface area contributed by atoms with E-state index in [1.165, 1.54) is 0 Å². The van der Waals surface area contributed by atoms with Gasteiger partial charge in [-0.25, -0.2) is 0 Å². The number of nitrogens with one attached hydrogen (secondary N) is 2. The second-order valence-electron chi connectivity index (χ2n) is 11.7. The zero-order valence-electron chi connectivity index (χ0n) is 25.3. The van der Waals surface area contributed by atoms with Gasteiger partial charge in [-0.3, -0.25) is 9.59 Å². The van der Waals surface area contributed by atoms with E-state index in [4.69, 9.17) is 14.2 Å². The molecule has 1 saturated heterocycles. The summed E-state index contributed by atoms with van der Waals surface area (Å²) < 4.78 is 16.6. The van der Waals surface area contributed by atoms with E-state index in [0.29, 0.717) is 49.3 Å². The minimum atomic E-state index is -0.0817. The Morgan fingerprint density at radius 1 is 1.02 bits per heavy atom. The molecule has 0 spiro atoms. The molecule has 0 radical (unpaired) electrons. The van der Waals surface area contributed by atoms with Crippen LogP contribution in [0.5, 0.6) is 11.5 Å². The standard InChI is InChI=1S/C33H47N3O5/c1-22(2)36(33(38)28-17-30(41-15-9-14-39-4)29(40-5)16-23(28)3)21-27-19-34-18-26(27)20-35-32(37)31(25-12-13-25)24-10-7-6-8-11-24/h6-8,10-11,16-17,22,25-27,31,34H,9,12-15,18-21H2,1-5H3,(H,35,37)/t26-,27-,31?/m0/s1. The molecule has 1 aliphatic heterocycles. The van der Waals surface area contributed by atoms with Crippen LogP contribution in [0.15, 0.2) is 42.5 Å². The third-order valence-electron chi connectivity index (χ3n) is 8.36. The van der Waals surface area contributed by atoms with E-state index < -0.39 is 0 Å². The Morgan fingerprint density at radius 3 is 2.41 bits per heavy atom. The van der Waals surface area contributed by atoms with Crippen LogP contribution in [-0.2, 0) is 9.53 Å². The van der Waals surface area contributed by atoms with Gasteiger partial charge in [-0.1, -0.05) is 30.3 Å². The number of amides is 2. The molecule has 224 valence electrons. The molecule has 1 aliphatic carbocycles. The van der Waals surface area contributed by atoms with Crippen LogP contribution in [0, 0.1) is 24.7 Å². The van der Waals surface area contributed by atoms with Crippen LogP contribution >= 0.6 is 0 Å². The lowest BCUT2D eigenvalue weighted by molar-refractivity contribution is -0.123. The quantitative estimate of drug-likeness (QED) is 0.311. The van der Waals surface area contributed by atoms with E-state index in [9.17, 15) is 9.59 Å². The number of methoxy groups -OCH3 is 2.